The molecule has 1 unspecified atom stereocenters. The molecule has 0 fully saturated rings. The molecule has 0 spiro atoms. The number of nitrogens with one attached hydrogen (secondary N) is 1. The molecule has 20 heavy (non-hydrogen) atoms. The van der Waals surface area contributed by atoms with Crippen molar-refractivity contribution in [1.82, 2.24) is 0 Å². The molecule has 6 nitrogen and oxygen atoms in total. The van der Waals surface area contributed by atoms with Gasteiger partial charge in [0.25, 0.3) is 5.91 Å². The maximum atomic E-state index is 11.7. The zero-order chi connectivity index (χ0) is 15.1. The van der Waals surface area contributed by atoms with Gasteiger partial charge in [-0.1, -0.05) is 19.1 Å². The number of thioether (sulfide) groups is 1. The van der Waals surface area contributed by atoms with E-state index >= 15 is 0 Å². The summed E-state index contributed by atoms with van der Waals surface area (Å²) in [5.41, 5.74) is 5.80. The van der Waals surface area contributed by atoms with E-state index in [4.69, 9.17) is 10.8 Å². The third-order valence-electron chi connectivity index (χ3n) is 2.49. The molecule has 0 saturated heterocycles. The van der Waals surface area contributed by atoms with Crippen LogP contribution in [-0.4, -0.2) is 34.4 Å². The number of primary amides is 1. The number of anilines is 1. The van der Waals surface area contributed by atoms with Crippen molar-refractivity contribution in [3.63, 3.8) is 0 Å². The molecule has 0 saturated carbocycles. The topological polar surface area (TPSA) is 109 Å². The number of hydrogen-bond donors (Lipinski definition) is 3. The number of benzene rings is 1. The quantitative estimate of drug-likeness (QED) is 0.700. The Morgan fingerprint density at radius 2 is 2.00 bits per heavy atom. The van der Waals surface area contributed by atoms with E-state index < -0.39 is 17.8 Å². The van der Waals surface area contributed by atoms with E-state index in [1.54, 1.807) is 25.1 Å². The van der Waals surface area contributed by atoms with Crippen molar-refractivity contribution in [1.29, 1.82) is 0 Å². The average molecular weight is 296 g/mol. The monoisotopic (exact) mass is 296 g/mol. The maximum Gasteiger partial charge on any atom is 0.307 e. The lowest BCUT2D eigenvalue weighted by molar-refractivity contribution is -0.140. The van der Waals surface area contributed by atoms with Crippen molar-refractivity contribution < 1.29 is 19.5 Å². The molecule has 0 heterocycles. The molecule has 1 atom stereocenters. The zero-order valence-corrected chi connectivity index (χ0v) is 11.8. The van der Waals surface area contributed by atoms with Gasteiger partial charge in [-0.3, -0.25) is 14.4 Å². The van der Waals surface area contributed by atoms with Crippen molar-refractivity contribution in [3.05, 3.63) is 29.8 Å². The van der Waals surface area contributed by atoms with E-state index in [1.165, 1.54) is 17.8 Å². The largest absolute Gasteiger partial charge is 0.481 e. The molecule has 0 aliphatic rings. The molecule has 0 radical (unpaired) electrons. The molecule has 0 bridgehead atoms. The van der Waals surface area contributed by atoms with E-state index in [2.05, 4.69) is 5.32 Å². The maximum absolute atomic E-state index is 11.7. The molecule has 2 amide bonds. The average Bonchev–Trinajstić information content (AvgIpc) is 2.38. The van der Waals surface area contributed by atoms with Gasteiger partial charge in [-0.15, -0.1) is 0 Å². The van der Waals surface area contributed by atoms with E-state index in [9.17, 15) is 14.4 Å². The first kappa shape index (κ1) is 16.0. The Morgan fingerprint density at radius 3 is 2.60 bits per heavy atom. The van der Waals surface area contributed by atoms with Gasteiger partial charge in [0.15, 0.2) is 0 Å². The van der Waals surface area contributed by atoms with Crippen LogP contribution in [0.25, 0.3) is 0 Å². The third-order valence-corrected chi connectivity index (χ3v) is 3.69. The molecule has 0 aromatic heterocycles. The van der Waals surface area contributed by atoms with Crippen LogP contribution < -0.4 is 11.1 Å². The number of aliphatic carboxylic acids is 1. The van der Waals surface area contributed by atoms with E-state index in [0.29, 0.717) is 11.4 Å². The normalized spacial score (nSPS) is 11.7. The van der Waals surface area contributed by atoms with Gasteiger partial charge in [0, 0.05) is 5.75 Å². The van der Waals surface area contributed by atoms with Crippen molar-refractivity contribution >= 4 is 35.2 Å². The van der Waals surface area contributed by atoms with Gasteiger partial charge in [0.05, 0.1) is 22.9 Å². The third kappa shape index (κ3) is 4.93. The summed E-state index contributed by atoms with van der Waals surface area (Å²) in [6.45, 7) is 1.58. The lowest BCUT2D eigenvalue weighted by atomic mass is 10.1. The highest BCUT2D eigenvalue weighted by Gasteiger charge is 2.13. The van der Waals surface area contributed by atoms with E-state index in [-0.39, 0.29) is 17.2 Å². The second-order valence-electron chi connectivity index (χ2n) is 4.21. The lowest BCUT2D eigenvalue weighted by Gasteiger charge is -2.09. The molecule has 108 valence electrons. The minimum atomic E-state index is -0.892. The van der Waals surface area contributed by atoms with Crippen LogP contribution in [-0.2, 0) is 9.59 Å². The molecule has 1 aromatic rings. The van der Waals surface area contributed by atoms with Gasteiger partial charge in [-0.2, -0.15) is 11.8 Å². The first-order valence-corrected chi connectivity index (χ1v) is 7.06. The standard InChI is InChI=1S/C13H16N2O4S/c1-8(13(18)19)6-20-7-11(16)15-10-5-3-2-4-9(10)12(14)17/h2-5,8H,6-7H2,1H3,(H2,14,17)(H,15,16)(H,18,19). The van der Waals surface area contributed by atoms with Crippen molar-refractivity contribution in [2.75, 3.05) is 16.8 Å². The summed E-state index contributed by atoms with van der Waals surface area (Å²) in [6, 6.07) is 6.45. The minimum absolute atomic E-state index is 0.116. The Hall–Kier alpha value is -2.02. The number of hydrogen-bond acceptors (Lipinski definition) is 4. The summed E-state index contributed by atoms with van der Waals surface area (Å²) >= 11 is 1.22. The van der Waals surface area contributed by atoms with Crippen LogP contribution in [0.2, 0.25) is 0 Å². The summed E-state index contributed by atoms with van der Waals surface area (Å²) in [4.78, 5) is 33.5. The Bertz CT molecular complexity index is 519. The highest BCUT2D eigenvalue weighted by Crippen LogP contribution is 2.15. The summed E-state index contributed by atoms with van der Waals surface area (Å²) in [7, 11) is 0. The number of carboxylic acids is 1. The summed E-state index contributed by atoms with van der Waals surface area (Å²) in [6.07, 6.45) is 0. The smallest absolute Gasteiger partial charge is 0.307 e. The summed E-state index contributed by atoms with van der Waals surface area (Å²) in [5.74, 6) is -1.86. The molecular formula is C13H16N2O4S. The summed E-state index contributed by atoms with van der Waals surface area (Å²) in [5, 5.41) is 11.3. The van der Waals surface area contributed by atoms with Crippen LogP contribution in [0.15, 0.2) is 24.3 Å². The Kier molecular flexibility index (Phi) is 6.05. The number of amides is 2. The fraction of sp³-hybridized carbons (Fsp3) is 0.308. The Labute approximate surface area is 120 Å². The Morgan fingerprint density at radius 1 is 1.35 bits per heavy atom. The van der Waals surface area contributed by atoms with Gasteiger partial charge < -0.3 is 16.2 Å². The first-order valence-electron chi connectivity index (χ1n) is 5.91. The van der Waals surface area contributed by atoms with Gasteiger partial charge in [-0.05, 0) is 12.1 Å². The number of carboxylic acid groups (broad SMARTS) is 1. The van der Waals surface area contributed by atoms with Crippen LogP contribution in [0.4, 0.5) is 5.69 Å². The highest BCUT2D eigenvalue weighted by atomic mass is 32.2. The minimum Gasteiger partial charge on any atom is -0.481 e. The van der Waals surface area contributed by atoms with Gasteiger partial charge in [-0.25, -0.2) is 0 Å². The zero-order valence-electron chi connectivity index (χ0n) is 11.0. The number of carbonyl (C=O) groups excluding carboxylic acids is 2. The lowest BCUT2D eigenvalue weighted by Crippen LogP contribution is -2.20. The van der Waals surface area contributed by atoms with Crippen molar-refractivity contribution in [3.8, 4) is 0 Å². The van der Waals surface area contributed by atoms with Crippen molar-refractivity contribution in [2.24, 2.45) is 11.7 Å². The molecule has 0 aliphatic carbocycles. The summed E-state index contributed by atoms with van der Waals surface area (Å²) < 4.78 is 0. The second-order valence-corrected chi connectivity index (χ2v) is 5.24. The van der Waals surface area contributed by atoms with Crippen LogP contribution in [0.3, 0.4) is 0 Å². The van der Waals surface area contributed by atoms with Crippen LogP contribution in [0, 0.1) is 5.92 Å². The number of para-hydroxylation sites is 1. The van der Waals surface area contributed by atoms with Crippen LogP contribution >= 0.6 is 11.8 Å². The molecule has 1 aromatic carbocycles. The first-order chi connectivity index (χ1) is 9.41. The Balaban J connectivity index is 2.51. The highest BCUT2D eigenvalue weighted by molar-refractivity contribution is 8.00. The molecule has 7 heteroatoms. The van der Waals surface area contributed by atoms with Gasteiger partial charge in [0.1, 0.15) is 0 Å². The number of rotatable bonds is 7. The predicted octanol–water partition coefficient (Wildman–Crippen LogP) is 1.18. The number of nitrogens with two attached hydrogens (primary N) is 1. The fourth-order valence-electron chi connectivity index (χ4n) is 1.39. The van der Waals surface area contributed by atoms with Gasteiger partial charge in [0.2, 0.25) is 5.91 Å². The molecular weight excluding hydrogens is 280 g/mol. The molecule has 4 N–H and O–H groups in total. The fourth-order valence-corrected chi connectivity index (χ4v) is 2.26. The van der Waals surface area contributed by atoms with E-state index in [1.807, 2.05) is 0 Å². The van der Waals surface area contributed by atoms with Crippen molar-refractivity contribution in [2.45, 2.75) is 6.92 Å². The second kappa shape index (κ2) is 7.54. The predicted molar refractivity (Wildman–Crippen MR) is 77.7 cm³/mol. The number of carbonyl (C=O) groups is 3. The molecule has 0 aliphatic heterocycles. The SMILES string of the molecule is CC(CSCC(=O)Nc1ccccc1C(N)=O)C(=O)O. The van der Waals surface area contributed by atoms with Crippen LogP contribution in [0.1, 0.15) is 17.3 Å². The van der Waals surface area contributed by atoms with Gasteiger partial charge >= 0.3 is 5.97 Å². The van der Waals surface area contributed by atoms with Crippen LogP contribution in [0.5, 0.6) is 0 Å². The van der Waals surface area contributed by atoms with E-state index in [0.717, 1.165) is 0 Å². The molecule has 1 rings (SSSR count).